The molecule has 3 heterocycles. The summed E-state index contributed by atoms with van der Waals surface area (Å²) in [6.07, 6.45) is 0.862. The fourth-order valence-corrected chi connectivity index (χ4v) is 3.46. The average molecular weight is 312 g/mol. The Balaban J connectivity index is 1.74. The lowest BCUT2D eigenvalue weighted by Crippen LogP contribution is -2.36. The van der Waals surface area contributed by atoms with Gasteiger partial charge in [-0.05, 0) is 6.42 Å². The first-order valence-electron chi connectivity index (χ1n) is 7.22. The second-order valence-electron chi connectivity index (χ2n) is 5.07. The molecule has 2 fully saturated rings. The first-order chi connectivity index (χ1) is 10.3. The molecular formula is C13H20N4O3S. The van der Waals surface area contributed by atoms with E-state index in [1.807, 2.05) is 0 Å². The number of carbonyl (C=O) groups excluding carboxylic acids is 1. The molecule has 0 aliphatic carbocycles. The SMILES string of the molecule is Nc1nc(N2CCOCC2)sc1C(=O)N1CCCOCC1. The molecule has 2 aliphatic rings. The van der Waals surface area contributed by atoms with Gasteiger partial charge in [-0.2, -0.15) is 0 Å². The summed E-state index contributed by atoms with van der Waals surface area (Å²) in [7, 11) is 0. The molecule has 1 aromatic rings. The van der Waals surface area contributed by atoms with Crippen molar-refractivity contribution in [2.75, 3.05) is 63.2 Å². The van der Waals surface area contributed by atoms with E-state index in [0.29, 0.717) is 50.2 Å². The van der Waals surface area contributed by atoms with Gasteiger partial charge in [0.1, 0.15) is 10.7 Å². The van der Waals surface area contributed by atoms with Crippen LogP contribution in [-0.4, -0.2) is 68.4 Å². The number of hydrogen-bond acceptors (Lipinski definition) is 7. The third kappa shape index (κ3) is 3.28. The van der Waals surface area contributed by atoms with Crippen LogP contribution >= 0.6 is 11.3 Å². The predicted octanol–water partition coefficient (Wildman–Crippen LogP) is 0.424. The predicted molar refractivity (Wildman–Crippen MR) is 80.9 cm³/mol. The lowest BCUT2D eigenvalue weighted by Gasteiger charge is -2.26. The molecular weight excluding hydrogens is 292 g/mol. The van der Waals surface area contributed by atoms with Crippen LogP contribution in [0.5, 0.6) is 0 Å². The highest BCUT2D eigenvalue weighted by molar-refractivity contribution is 7.18. The lowest BCUT2D eigenvalue weighted by molar-refractivity contribution is 0.0747. The van der Waals surface area contributed by atoms with Crippen molar-refractivity contribution in [1.82, 2.24) is 9.88 Å². The number of aromatic nitrogens is 1. The standard InChI is InChI=1S/C13H20N4O3S/c14-11-10(12(18)16-2-1-6-19-7-3-16)21-13(15-11)17-4-8-20-9-5-17/h1-9,14H2. The zero-order valence-electron chi connectivity index (χ0n) is 11.9. The normalized spacial score (nSPS) is 20.4. The molecule has 3 rings (SSSR count). The fraction of sp³-hybridized carbons (Fsp3) is 0.692. The Morgan fingerprint density at radius 2 is 1.81 bits per heavy atom. The van der Waals surface area contributed by atoms with Crippen LogP contribution < -0.4 is 10.6 Å². The number of rotatable bonds is 2. The molecule has 2 saturated heterocycles. The summed E-state index contributed by atoms with van der Waals surface area (Å²) in [5, 5.41) is 0.810. The Labute approximate surface area is 127 Å². The smallest absolute Gasteiger partial charge is 0.267 e. The Morgan fingerprint density at radius 3 is 2.62 bits per heavy atom. The second kappa shape index (κ2) is 6.59. The van der Waals surface area contributed by atoms with E-state index in [0.717, 1.165) is 24.6 Å². The van der Waals surface area contributed by atoms with Crippen LogP contribution in [0, 0.1) is 0 Å². The zero-order valence-corrected chi connectivity index (χ0v) is 12.7. The van der Waals surface area contributed by atoms with Crippen LogP contribution in [0.1, 0.15) is 16.1 Å². The monoisotopic (exact) mass is 312 g/mol. The molecule has 0 bridgehead atoms. The van der Waals surface area contributed by atoms with Crippen LogP contribution in [0.2, 0.25) is 0 Å². The summed E-state index contributed by atoms with van der Waals surface area (Å²) >= 11 is 1.38. The topological polar surface area (TPSA) is 80.9 Å². The van der Waals surface area contributed by atoms with Crippen LogP contribution in [0.25, 0.3) is 0 Å². The number of ether oxygens (including phenoxy) is 2. The maximum atomic E-state index is 12.6. The Kier molecular flexibility index (Phi) is 4.57. The van der Waals surface area contributed by atoms with Gasteiger partial charge in [0.2, 0.25) is 0 Å². The van der Waals surface area contributed by atoms with Gasteiger partial charge in [-0.25, -0.2) is 4.98 Å². The molecule has 0 atom stereocenters. The van der Waals surface area contributed by atoms with Crippen molar-refractivity contribution in [2.24, 2.45) is 0 Å². The van der Waals surface area contributed by atoms with E-state index in [1.54, 1.807) is 4.90 Å². The molecule has 116 valence electrons. The van der Waals surface area contributed by atoms with Gasteiger partial charge in [-0.15, -0.1) is 0 Å². The number of nitrogen functional groups attached to an aromatic ring is 1. The Morgan fingerprint density at radius 1 is 1.10 bits per heavy atom. The molecule has 8 heteroatoms. The molecule has 0 saturated carbocycles. The van der Waals surface area contributed by atoms with Crippen molar-refractivity contribution in [3.63, 3.8) is 0 Å². The summed E-state index contributed by atoms with van der Waals surface area (Å²) in [4.78, 5) is 21.4. The first-order valence-corrected chi connectivity index (χ1v) is 8.03. The van der Waals surface area contributed by atoms with Crippen molar-refractivity contribution in [3.05, 3.63) is 4.88 Å². The zero-order chi connectivity index (χ0) is 14.7. The van der Waals surface area contributed by atoms with E-state index in [-0.39, 0.29) is 5.91 Å². The molecule has 0 spiro atoms. The van der Waals surface area contributed by atoms with Gasteiger partial charge < -0.3 is 25.0 Å². The van der Waals surface area contributed by atoms with Gasteiger partial charge in [-0.1, -0.05) is 11.3 Å². The van der Waals surface area contributed by atoms with Crippen molar-refractivity contribution >= 4 is 28.2 Å². The lowest BCUT2D eigenvalue weighted by atomic mass is 10.3. The molecule has 0 unspecified atom stereocenters. The highest BCUT2D eigenvalue weighted by Crippen LogP contribution is 2.29. The van der Waals surface area contributed by atoms with E-state index in [2.05, 4.69) is 9.88 Å². The number of amides is 1. The van der Waals surface area contributed by atoms with Crippen molar-refractivity contribution in [3.8, 4) is 0 Å². The van der Waals surface area contributed by atoms with E-state index in [9.17, 15) is 4.79 Å². The molecule has 2 aliphatic heterocycles. The highest BCUT2D eigenvalue weighted by Gasteiger charge is 2.25. The van der Waals surface area contributed by atoms with E-state index in [1.165, 1.54) is 11.3 Å². The second-order valence-corrected chi connectivity index (χ2v) is 6.05. The third-order valence-electron chi connectivity index (χ3n) is 3.63. The molecule has 0 radical (unpaired) electrons. The molecule has 0 aromatic carbocycles. The summed E-state index contributed by atoms with van der Waals surface area (Å²) in [5.74, 6) is 0.298. The molecule has 1 amide bonds. The van der Waals surface area contributed by atoms with Crippen LogP contribution in [0.15, 0.2) is 0 Å². The highest BCUT2D eigenvalue weighted by atomic mass is 32.1. The Hall–Kier alpha value is -1.38. The summed E-state index contributed by atoms with van der Waals surface area (Å²) in [6.45, 7) is 5.57. The van der Waals surface area contributed by atoms with E-state index < -0.39 is 0 Å². The Bertz CT molecular complexity index is 494. The maximum absolute atomic E-state index is 12.6. The summed E-state index contributed by atoms with van der Waals surface area (Å²) in [5.41, 5.74) is 5.96. The average Bonchev–Trinajstić information content (AvgIpc) is 2.74. The summed E-state index contributed by atoms with van der Waals surface area (Å²) < 4.78 is 10.7. The van der Waals surface area contributed by atoms with Crippen molar-refractivity contribution in [2.45, 2.75) is 6.42 Å². The molecule has 1 aromatic heterocycles. The quantitative estimate of drug-likeness (QED) is 0.853. The van der Waals surface area contributed by atoms with Gasteiger partial charge in [0.15, 0.2) is 5.13 Å². The number of hydrogen-bond donors (Lipinski definition) is 1. The first kappa shape index (κ1) is 14.6. The third-order valence-corrected chi connectivity index (χ3v) is 4.75. The fourth-order valence-electron chi connectivity index (χ4n) is 2.46. The number of carbonyl (C=O) groups is 1. The largest absolute Gasteiger partial charge is 0.382 e. The minimum Gasteiger partial charge on any atom is -0.382 e. The maximum Gasteiger partial charge on any atom is 0.267 e. The van der Waals surface area contributed by atoms with Crippen molar-refractivity contribution < 1.29 is 14.3 Å². The van der Waals surface area contributed by atoms with Gasteiger partial charge in [-0.3, -0.25) is 4.79 Å². The van der Waals surface area contributed by atoms with Crippen LogP contribution in [0.3, 0.4) is 0 Å². The van der Waals surface area contributed by atoms with E-state index >= 15 is 0 Å². The van der Waals surface area contributed by atoms with Gasteiger partial charge in [0.05, 0.1) is 19.8 Å². The van der Waals surface area contributed by atoms with Gasteiger partial charge >= 0.3 is 0 Å². The minimum absolute atomic E-state index is 0.0324. The van der Waals surface area contributed by atoms with Crippen LogP contribution in [-0.2, 0) is 9.47 Å². The molecule has 21 heavy (non-hydrogen) atoms. The summed E-state index contributed by atoms with van der Waals surface area (Å²) in [6, 6.07) is 0. The number of anilines is 2. The number of morpholine rings is 1. The van der Waals surface area contributed by atoms with Crippen molar-refractivity contribution in [1.29, 1.82) is 0 Å². The van der Waals surface area contributed by atoms with Gasteiger partial charge in [0, 0.05) is 32.8 Å². The number of thiazole rings is 1. The van der Waals surface area contributed by atoms with E-state index in [4.69, 9.17) is 15.2 Å². The molecule has 7 nitrogen and oxygen atoms in total. The minimum atomic E-state index is -0.0324. The molecule has 2 N–H and O–H groups in total. The van der Waals surface area contributed by atoms with Crippen LogP contribution in [0.4, 0.5) is 10.9 Å². The number of nitrogens with zero attached hydrogens (tertiary/aromatic N) is 3. The van der Waals surface area contributed by atoms with Gasteiger partial charge in [0.25, 0.3) is 5.91 Å². The number of nitrogens with two attached hydrogens (primary N) is 1.